The Kier molecular flexibility index (Phi) is 4.56. The van der Waals surface area contributed by atoms with Gasteiger partial charge >= 0.3 is 0 Å². The molecule has 2 heterocycles. The van der Waals surface area contributed by atoms with Crippen molar-refractivity contribution in [1.82, 2.24) is 14.6 Å². The highest BCUT2D eigenvalue weighted by Crippen LogP contribution is 2.30. The van der Waals surface area contributed by atoms with E-state index in [1.807, 2.05) is 72.1 Å². The smallest absolute Gasteiger partial charge is 0.238 e. The van der Waals surface area contributed by atoms with Gasteiger partial charge in [0.1, 0.15) is 6.42 Å². The Hall–Kier alpha value is -3.98. The number of nitrogens with zero attached hydrogens (tertiary/aromatic N) is 4. The maximum absolute atomic E-state index is 11.7. The molecule has 28 heavy (non-hydrogen) atoms. The minimum atomic E-state index is -0.333. The lowest BCUT2D eigenvalue weighted by Crippen LogP contribution is -2.10. The van der Waals surface area contributed by atoms with Gasteiger partial charge in [-0.05, 0) is 30.7 Å². The summed E-state index contributed by atoms with van der Waals surface area (Å²) < 4.78 is 1.83. The number of rotatable bonds is 4. The van der Waals surface area contributed by atoms with Crippen LogP contribution in [0.15, 0.2) is 66.9 Å². The molecule has 0 atom stereocenters. The van der Waals surface area contributed by atoms with Gasteiger partial charge in [0.05, 0.1) is 17.5 Å². The number of hydrogen-bond donors (Lipinski definition) is 1. The third kappa shape index (κ3) is 3.21. The predicted octanol–water partition coefficient (Wildman–Crippen LogP) is 4.22. The van der Waals surface area contributed by atoms with Crippen molar-refractivity contribution in [1.29, 1.82) is 5.26 Å². The lowest BCUT2D eigenvalue weighted by atomic mass is 10.1. The number of anilines is 1. The third-order valence-corrected chi connectivity index (χ3v) is 4.44. The summed E-state index contributed by atoms with van der Waals surface area (Å²) in [5.74, 6) is -0.333. The first kappa shape index (κ1) is 17.4. The van der Waals surface area contributed by atoms with Crippen LogP contribution >= 0.6 is 0 Å². The third-order valence-electron chi connectivity index (χ3n) is 4.44. The zero-order valence-corrected chi connectivity index (χ0v) is 15.3. The number of aromatic nitrogens is 3. The maximum Gasteiger partial charge on any atom is 0.238 e. The number of amides is 1. The first-order valence-corrected chi connectivity index (χ1v) is 8.84. The van der Waals surface area contributed by atoms with Gasteiger partial charge in [-0.3, -0.25) is 4.79 Å². The number of hydrogen-bond acceptors (Lipinski definition) is 4. The fourth-order valence-electron chi connectivity index (χ4n) is 3.25. The van der Waals surface area contributed by atoms with Crippen molar-refractivity contribution in [2.75, 3.05) is 5.32 Å². The first-order chi connectivity index (χ1) is 13.7. The van der Waals surface area contributed by atoms with E-state index >= 15 is 0 Å². The Balaban J connectivity index is 1.81. The van der Waals surface area contributed by atoms with Gasteiger partial charge in [0.15, 0.2) is 5.65 Å². The summed E-state index contributed by atoms with van der Waals surface area (Å²) in [4.78, 5) is 16.3. The van der Waals surface area contributed by atoms with Crippen LogP contribution in [0.4, 0.5) is 5.69 Å². The average Bonchev–Trinajstić information content (AvgIpc) is 3.04. The van der Waals surface area contributed by atoms with Crippen LogP contribution in [-0.2, 0) is 4.79 Å². The van der Waals surface area contributed by atoms with Crippen LogP contribution in [0.5, 0.6) is 0 Å². The fraction of sp³-hybridized carbons (Fsp3) is 0.0909. The Morgan fingerprint density at radius 1 is 1.11 bits per heavy atom. The zero-order chi connectivity index (χ0) is 19.5. The standard InChI is InChI=1S/C22H17N5O/c1-15-21(16-6-3-2-4-7-16)22-24-13-11-19(27(22)26-15)17-8-5-9-18(14-17)25-20(28)10-12-23/h2-9,11,13-14H,10H2,1H3,(H,25,28). The number of carbonyl (C=O) groups excluding carboxylic acids is 1. The molecule has 2 aromatic heterocycles. The lowest BCUT2D eigenvalue weighted by Gasteiger charge is -2.08. The minimum Gasteiger partial charge on any atom is -0.325 e. The molecule has 0 saturated heterocycles. The Labute approximate surface area is 162 Å². The largest absolute Gasteiger partial charge is 0.325 e. The highest BCUT2D eigenvalue weighted by Gasteiger charge is 2.15. The summed E-state index contributed by atoms with van der Waals surface area (Å²) in [5, 5.41) is 16.1. The van der Waals surface area contributed by atoms with Gasteiger partial charge in [0.25, 0.3) is 0 Å². The molecule has 0 aliphatic heterocycles. The van der Waals surface area contributed by atoms with Crippen molar-refractivity contribution in [3.63, 3.8) is 0 Å². The van der Waals surface area contributed by atoms with E-state index in [1.165, 1.54) is 0 Å². The SMILES string of the molecule is Cc1nn2c(-c3cccc(NC(=O)CC#N)c3)ccnc2c1-c1ccccc1. The molecule has 1 amide bonds. The van der Waals surface area contributed by atoms with Crippen molar-refractivity contribution in [2.24, 2.45) is 0 Å². The molecule has 6 heteroatoms. The van der Waals surface area contributed by atoms with E-state index in [1.54, 1.807) is 12.3 Å². The van der Waals surface area contributed by atoms with Gasteiger partial charge in [-0.1, -0.05) is 42.5 Å². The summed E-state index contributed by atoms with van der Waals surface area (Å²) in [6.45, 7) is 1.97. The van der Waals surface area contributed by atoms with Crippen LogP contribution in [0.1, 0.15) is 12.1 Å². The maximum atomic E-state index is 11.7. The number of nitriles is 1. The minimum absolute atomic E-state index is 0.178. The van der Waals surface area contributed by atoms with E-state index in [-0.39, 0.29) is 12.3 Å². The zero-order valence-electron chi connectivity index (χ0n) is 15.3. The highest BCUT2D eigenvalue weighted by molar-refractivity contribution is 5.92. The van der Waals surface area contributed by atoms with Crippen LogP contribution in [0.3, 0.4) is 0 Å². The Morgan fingerprint density at radius 2 is 1.89 bits per heavy atom. The van der Waals surface area contributed by atoms with E-state index in [0.717, 1.165) is 33.7 Å². The number of fused-ring (bicyclic) bond motifs is 1. The van der Waals surface area contributed by atoms with Crippen LogP contribution in [-0.4, -0.2) is 20.5 Å². The number of carbonyl (C=O) groups is 1. The first-order valence-electron chi connectivity index (χ1n) is 8.84. The van der Waals surface area contributed by atoms with E-state index in [0.29, 0.717) is 5.69 Å². The van der Waals surface area contributed by atoms with E-state index in [2.05, 4.69) is 10.3 Å². The average molecular weight is 367 g/mol. The molecule has 1 N–H and O–H groups in total. The topological polar surface area (TPSA) is 83.1 Å². The molecule has 2 aromatic carbocycles. The molecule has 136 valence electrons. The van der Waals surface area contributed by atoms with Crippen molar-refractivity contribution in [3.8, 4) is 28.5 Å². The second kappa shape index (κ2) is 7.33. The molecule has 0 unspecified atom stereocenters. The van der Waals surface area contributed by atoms with Gasteiger partial charge < -0.3 is 5.32 Å². The van der Waals surface area contributed by atoms with Gasteiger partial charge in [-0.15, -0.1) is 0 Å². The molecule has 6 nitrogen and oxygen atoms in total. The van der Waals surface area contributed by atoms with Crippen molar-refractivity contribution >= 4 is 17.2 Å². The van der Waals surface area contributed by atoms with Crippen molar-refractivity contribution in [3.05, 3.63) is 72.6 Å². The predicted molar refractivity (Wildman–Crippen MR) is 107 cm³/mol. The monoisotopic (exact) mass is 367 g/mol. The van der Waals surface area contributed by atoms with Gasteiger partial charge in [0.2, 0.25) is 5.91 Å². The molecule has 0 fully saturated rings. The molecule has 0 aliphatic carbocycles. The van der Waals surface area contributed by atoms with Crippen LogP contribution in [0.25, 0.3) is 28.0 Å². The summed E-state index contributed by atoms with van der Waals surface area (Å²) in [5.41, 5.74) is 6.13. The van der Waals surface area contributed by atoms with E-state index < -0.39 is 0 Å². The lowest BCUT2D eigenvalue weighted by molar-refractivity contribution is -0.115. The van der Waals surface area contributed by atoms with Crippen LogP contribution in [0.2, 0.25) is 0 Å². The molecule has 0 radical (unpaired) electrons. The molecule has 4 rings (SSSR count). The Morgan fingerprint density at radius 3 is 2.68 bits per heavy atom. The van der Waals surface area contributed by atoms with Crippen LogP contribution < -0.4 is 5.32 Å². The fourth-order valence-corrected chi connectivity index (χ4v) is 3.25. The van der Waals surface area contributed by atoms with Crippen LogP contribution in [0, 0.1) is 18.3 Å². The van der Waals surface area contributed by atoms with Crippen molar-refractivity contribution < 1.29 is 4.79 Å². The molecule has 0 aliphatic rings. The quantitative estimate of drug-likeness (QED) is 0.585. The highest BCUT2D eigenvalue weighted by atomic mass is 16.1. The molecule has 0 bridgehead atoms. The molecule has 4 aromatic rings. The summed E-state index contributed by atoms with van der Waals surface area (Å²) in [6.07, 6.45) is 1.58. The number of nitrogens with one attached hydrogen (secondary N) is 1. The number of aryl methyl sites for hydroxylation is 1. The van der Waals surface area contributed by atoms with E-state index in [9.17, 15) is 4.79 Å². The molecule has 0 saturated carbocycles. The van der Waals surface area contributed by atoms with E-state index in [4.69, 9.17) is 10.4 Å². The summed E-state index contributed by atoms with van der Waals surface area (Å²) in [7, 11) is 0. The molecular weight excluding hydrogens is 350 g/mol. The van der Waals surface area contributed by atoms with Crippen molar-refractivity contribution in [2.45, 2.75) is 13.3 Å². The summed E-state index contributed by atoms with van der Waals surface area (Å²) in [6, 6.07) is 21.3. The number of benzene rings is 2. The molecule has 0 spiro atoms. The van der Waals surface area contributed by atoms with Gasteiger partial charge in [-0.25, -0.2) is 9.50 Å². The normalized spacial score (nSPS) is 10.6. The van der Waals surface area contributed by atoms with Gasteiger partial charge in [-0.2, -0.15) is 10.4 Å². The second-order valence-electron chi connectivity index (χ2n) is 6.36. The molecular formula is C22H17N5O. The second-order valence-corrected chi connectivity index (χ2v) is 6.36. The Bertz CT molecular complexity index is 1200. The van der Waals surface area contributed by atoms with Gasteiger partial charge in [0, 0.05) is 23.0 Å². The summed E-state index contributed by atoms with van der Waals surface area (Å²) >= 11 is 0.